The Morgan fingerprint density at radius 2 is 2.11 bits per heavy atom. The van der Waals surface area contributed by atoms with Gasteiger partial charge in [0.25, 0.3) is 0 Å². The molecular formula is C13H8BrF2NOS. The Kier molecular flexibility index (Phi) is 4.66. The van der Waals surface area contributed by atoms with Gasteiger partial charge in [-0.2, -0.15) is 0 Å². The lowest BCUT2D eigenvalue weighted by molar-refractivity contribution is 0.101. The monoisotopic (exact) mass is 343 g/mol. The van der Waals surface area contributed by atoms with Gasteiger partial charge in [0.1, 0.15) is 16.7 Å². The number of ketones is 1. The molecule has 0 saturated heterocycles. The normalized spacial score (nSPS) is 10.5. The van der Waals surface area contributed by atoms with E-state index in [0.717, 1.165) is 22.7 Å². The Morgan fingerprint density at radius 1 is 1.32 bits per heavy atom. The average Bonchev–Trinajstić information content (AvgIpc) is 2.40. The van der Waals surface area contributed by atoms with Gasteiger partial charge in [0.2, 0.25) is 0 Å². The van der Waals surface area contributed by atoms with Gasteiger partial charge in [0.05, 0.1) is 11.3 Å². The molecule has 1 heterocycles. The molecule has 0 spiro atoms. The number of Topliss-reactive ketones (excluding diaryl/α,β-unsaturated/α-hetero) is 1. The van der Waals surface area contributed by atoms with Gasteiger partial charge in [-0.25, -0.2) is 13.8 Å². The van der Waals surface area contributed by atoms with Crippen LogP contribution in [0.1, 0.15) is 10.4 Å². The second kappa shape index (κ2) is 6.25. The second-order valence-corrected chi connectivity index (χ2v) is 5.44. The predicted octanol–water partition coefficient (Wildman–Crippen LogP) is 4.10. The van der Waals surface area contributed by atoms with Gasteiger partial charge in [-0.1, -0.05) is 11.8 Å². The van der Waals surface area contributed by atoms with Gasteiger partial charge in [-0.3, -0.25) is 4.79 Å². The number of nitrogens with zero attached hydrogens (tertiary/aromatic N) is 1. The smallest absolute Gasteiger partial charge is 0.176 e. The van der Waals surface area contributed by atoms with Crippen molar-refractivity contribution in [3.63, 3.8) is 0 Å². The molecule has 0 atom stereocenters. The number of benzene rings is 1. The maximum atomic E-state index is 13.4. The van der Waals surface area contributed by atoms with Crippen LogP contribution in [0.4, 0.5) is 8.78 Å². The standard InChI is InChI=1S/C13H8BrF2NOS/c14-10-2-1-5-17-13(10)19-7-12(18)9-6-8(15)3-4-11(9)16/h1-6H,7H2. The molecule has 2 nitrogen and oxygen atoms in total. The minimum absolute atomic E-state index is 0.00398. The molecular weight excluding hydrogens is 336 g/mol. The molecule has 0 radical (unpaired) electrons. The van der Waals surface area contributed by atoms with Crippen molar-refractivity contribution in [2.24, 2.45) is 0 Å². The fourth-order valence-electron chi connectivity index (χ4n) is 1.40. The van der Waals surface area contributed by atoms with E-state index in [1.165, 1.54) is 11.8 Å². The summed E-state index contributed by atoms with van der Waals surface area (Å²) in [5, 5.41) is 0.632. The van der Waals surface area contributed by atoms with E-state index < -0.39 is 17.4 Å². The average molecular weight is 344 g/mol. The van der Waals surface area contributed by atoms with E-state index in [0.29, 0.717) is 5.03 Å². The summed E-state index contributed by atoms with van der Waals surface area (Å²) in [5.74, 6) is -1.82. The number of hydrogen-bond acceptors (Lipinski definition) is 3. The van der Waals surface area contributed by atoms with Gasteiger partial charge in [0, 0.05) is 10.7 Å². The van der Waals surface area contributed by atoms with Crippen molar-refractivity contribution in [1.82, 2.24) is 4.98 Å². The molecule has 0 bridgehead atoms. The highest BCUT2D eigenvalue weighted by Crippen LogP contribution is 2.25. The quantitative estimate of drug-likeness (QED) is 0.618. The summed E-state index contributed by atoms with van der Waals surface area (Å²) in [5.41, 5.74) is -0.237. The molecule has 0 amide bonds. The third-order valence-electron chi connectivity index (χ3n) is 2.29. The summed E-state index contributed by atoms with van der Waals surface area (Å²) >= 11 is 4.47. The molecule has 2 aromatic rings. The molecule has 1 aromatic carbocycles. The zero-order valence-corrected chi connectivity index (χ0v) is 12.0. The lowest BCUT2D eigenvalue weighted by Gasteiger charge is -2.04. The fraction of sp³-hybridized carbons (Fsp3) is 0.0769. The first-order valence-corrected chi connectivity index (χ1v) is 7.07. The van der Waals surface area contributed by atoms with E-state index in [9.17, 15) is 13.6 Å². The topological polar surface area (TPSA) is 30.0 Å². The molecule has 0 N–H and O–H groups in total. The molecule has 0 aliphatic heterocycles. The van der Waals surface area contributed by atoms with Crippen LogP contribution in [0.3, 0.4) is 0 Å². The lowest BCUT2D eigenvalue weighted by Crippen LogP contribution is -2.06. The summed E-state index contributed by atoms with van der Waals surface area (Å²) in [6.07, 6.45) is 1.60. The first-order chi connectivity index (χ1) is 9.08. The van der Waals surface area contributed by atoms with E-state index in [1.54, 1.807) is 18.3 Å². The number of carbonyl (C=O) groups excluding carboxylic acids is 1. The van der Waals surface area contributed by atoms with Crippen LogP contribution >= 0.6 is 27.7 Å². The van der Waals surface area contributed by atoms with Gasteiger partial charge >= 0.3 is 0 Å². The third-order valence-corrected chi connectivity index (χ3v) is 4.20. The van der Waals surface area contributed by atoms with Crippen molar-refractivity contribution in [3.05, 3.63) is 58.2 Å². The van der Waals surface area contributed by atoms with Crippen LogP contribution < -0.4 is 0 Å². The molecule has 0 aliphatic rings. The molecule has 0 saturated carbocycles. The number of thioether (sulfide) groups is 1. The van der Waals surface area contributed by atoms with Crippen molar-refractivity contribution in [2.75, 3.05) is 5.75 Å². The Morgan fingerprint density at radius 3 is 2.84 bits per heavy atom. The van der Waals surface area contributed by atoms with Gasteiger partial charge in [-0.05, 0) is 46.3 Å². The number of pyridine rings is 1. The first-order valence-electron chi connectivity index (χ1n) is 5.29. The van der Waals surface area contributed by atoms with Crippen molar-refractivity contribution in [3.8, 4) is 0 Å². The number of aromatic nitrogens is 1. The maximum absolute atomic E-state index is 13.4. The number of hydrogen-bond donors (Lipinski definition) is 0. The second-order valence-electron chi connectivity index (χ2n) is 3.63. The maximum Gasteiger partial charge on any atom is 0.176 e. The summed E-state index contributed by atoms with van der Waals surface area (Å²) in [6.45, 7) is 0. The van der Waals surface area contributed by atoms with E-state index in [-0.39, 0.29) is 11.3 Å². The van der Waals surface area contributed by atoms with Crippen LogP contribution in [0, 0.1) is 11.6 Å². The van der Waals surface area contributed by atoms with E-state index in [4.69, 9.17) is 0 Å². The van der Waals surface area contributed by atoms with Crippen LogP contribution in [0.2, 0.25) is 0 Å². The summed E-state index contributed by atoms with van der Waals surface area (Å²) in [4.78, 5) is 15.9. The Hall–Kier alpha value is -1.27. The highest BCUT2D eigenvalue weighted by molar-refractivity contribution is 9.10. The largest absolute Gasteiger partial charge is 0.293 e. The van der Waals surface area contributed by atoms with E-state index in [2.05, 4.69) is 20.9 Å². The molecule has 6 heteroatoms. The van der Waals surface area contributed by atoms with Gasteiger partial charge in [-0.15, -0.1) is 0 Å². The van der Waals surface area contributed by atoms with Crippen molar-refractivity contribution < 1.29 is 13.6 Å². The molecule has 98 valence electrons. The van der Waals surface area contributed by atoms with Crippen molar-refractivity contribution in [1.29, 1.82) is 0 Å². The molecule has 0 fully saturated rings. The Balaban J connectivity index is 2.10. The van der Waals surface area contributed by atoms with E-state index >= 15 is 0 Å². The van der Waals surface area contributed by atoms with Crippen LogP contribution in [0.15, 0.2) is 46.0 Å². The zero-order valence-electron chi connectivity index (χ0n) is 9.57. The SMILES string of the molecule is O=C(CSc1ncccc1Br)c1cc(F)ccc1F. The molecule has 0 unspecified atom stereocenters. The summed E-state index contributed by atoms with van der Waals surface area (Å²) < 4.78 is 27.1. The Labute approximate surface area is 121 Å². The van der Waals surface area contributed by atoms with Crippen LogP contribution in [-0.4, -0.2) is 16.5 Å². The highest BCUT2D eigenvalue weighted by atomic mass is 79.9. The highest BCUT2D eigenvalue weighted by Gasteiger charge is 2.14. The minimum Gasteiger partial charge on any atom is -0.293 e. The van der Waals surface area contributed by atoms with Crippen molar-refractivity contribution in [2.45, 2.75) is 5.03 Å². The van der Waals surface area contributed by atoms with Crippen LogP contribution in [-0.2, 0) is 0 Å². The van der Waals surface area contributed by atoms with Crippen molar-refractivity contribution >= 4 is 33.5 Å². The molecule has 19 heavy (non-hydrogen) atoms. The minimum atomic E-state index is -0.716. The van der Waals surface area contributed by atoms with Gasteiger partial charge in [0.15, 0.2) is 5.78 Å². The predicted molar refractivity (Wildman–Crippen MR) is 73.3 cm³/mol. The van der Waals surface area contributed by atoms with Crippen LogP contribution in [0.25, 0.3) is 0 Å². The van der Waals surface area contributed by atoms with Gasteiger partial charge < -0.3 is 0 Å². The molecule has 2 rings (SSSR count). The number of rotatable bonds is 4. The fourth-order valence-corrected chi connectivity index (χ4v) is 2.76. The molecule has 1 aromatic heterocycles. The third kappa shape index (κ3) is 3.61. The molecule has 0 aliphatic carbocycles. The Bertz CT molecular complexity index is 621. The lowest BCUT2D eigenvalue weighted by atomic mass is 10.1. The number of carbonyl (C=O) groups is 1. The number of halogens is 3. The summed E-state index contributed by atoms with van der Waals surface area (Å²) in [6, 6.07) is 6.38. The summed E-state index contributed by atoms with van der Waals surface area (Å²) in [7, 11) is 0. The van der Waals surface area contributed by atoms with E-state index in [1.807, 2.05) is 0 Å². The zero-order chi connectivity index (χ0) is 13.8. The van der Waals surface area contributed by atoms with Crippen LogP contribution in [0.5, 0.6) is 0 Å². The first kappa shape index (κ1) is 14.1.